The van der Waals surface area contributed by atoms with Crippen molar-refractivity contribution in [2.24, 2.45) is 5.92 Å². The highest BCUT2D eigenvalue weighted by atomic mass is 32.1. The first-order chi connectivity index (χ1) is 9.40. The molecule has 1 atom stereocenters. The van der Waals surface area contributed by atoms with E-state index < -0.39 is 11.7 Å². The van der Waals surface area contributed by atoms with Crippen molar-refractivity contribution in [2.75, 3.05) is 25.6 Å². The van der Waals surface area contributed by atoms with Gasteiger partial charge in [0.15, 0.2) is 5.13 Å². The molecule has 0 amide bonds. The number of nitrogens with one attached hydrogen (secondary N) is 1. The van der Waals surface area contributed by atoms with Crippen molar-refractivity contribution in [3.63, 3.8) is 0 Å². The van der Waals surface area contributed by atoms with Crippen LogP contribution in [0.15, 0.2) is 18.2 Å². The van der Waals surface area contributed by atoms with Gasteiger partial charge in [-0.25, -0.2) is 4.98 Å². The zero-order chi connectivity index (χ0) is 14.8. The van der Waals surface area contributed by atoms with Crippen LogP contribution in [0.5, 0.6) is 0 Å². The maximum atomic E-state index is 12.6. The third-order valence-electron chi connectivity index (χ3n) is 2.77. The van der Waals surface area contributed by atoms with Gasteiger partial charge in [-0.2, -0.15) is 13.2 Å². The number of nitrogens with zero attached hydrogens (tertiary/aromatic N) is 1. The predicted octanol–water partition coefficient (Wildman–Crippen LogP) is 4.01. The summed E-state index contributed by atoms with van der Waals surface area (Å²) in [6, 6.07) is 3.62. The van der Waals surface area contributed by atoms with E-state index >= 15 is 0 Å². The molecule has 0 aliphatic rings. The van der Waals surface area contributed by atoms with Gasteiger partial charge in [0.25, 0.3) is 0 Å². The SMILES string of the molecule is COCC(C)CNc1nc2cc(C(F)(F)F)ccc2s1. The maximum Gasteiger partial charge on any atom is 0.416 e. The second-order valence-electron chi connectivity index (χ2n) is 4.64. The van der Waals surface area contributed by atoms with E-state index in [2.05, 4.69) is 10.3 Å². The van der Waals surface area contributed by atoms with Gasteiger partial charge < -0.3 is 10.1 Å². The molecule has 0 fully saturated rings. The number of hydrogen-bond donors (Lipinski definition) is 1. The quantitative estimate of drug-likeness (QED) is 0.906. The largest absolute Gasteiger partial charge is 0.416 e. The zero-order valence-electron chi connectivity index (χ0n) is 11.1. The predicted molar refractivity (Wildman–Crippen MR) is 74.2 cm³/mol. The van der Waals surface area contributed by atoms with Crippen molar-refractivity contribution < 1.29 is 17.9 Å². The Balaban J connectivity index is 2.13. The highest BCUT2D eigenvalue weighted by molar-refractivity contribution is 7.22. The number of thiazole rings is 1. The minimum absolute atomic E-state index is 0.303. The lowest BCUT2D eigenvalue weighted by atomic mass is 10.2. The fourth-order valence-electron chi connectivity index (χ4n) is 1.78. The van der Waals surface area contributed by atoms with Gasteiger partial charge in [-0.15, -0.1) is 0 Å². The molecule has 2 aromatic rings. The van der Waals surface area contributed by atoms with Gasteiger partial charge in [-0.3, -0.25) is 0 Å². The number of fused-ring (bicyclic) bond motifs is 1. The number of rotatable bonds is 5. The van der Waals surface area contributed by atoms with Crippen molar-refractivity contribution in [2.45, 2.75) is 13.1 Å². The summed E-state index contributed by atoms with van der Waals surface area (Å²) in [5, 5.41) is 3.75. The number of aromatic nitrogens is 1. The average molecular weight is 304 g/mol. The Morgan fingerprint density at radius 3 is 2.80 bits per heavy atom. The van der Waals surface area contributed by atoms with Crippen LogP contribution in [0.25, 0.3) is 10.2 Å². The van der Waals surface area contributed by atoms with Gasteiger partial charge in [0.05, 0.1) is 22.4 Å². The van der Waals surface area contributed by atoms with Gasteiger partial charge in [0.1, 0.15) is 0 Å². The number of anilines is 1. The topological polar surface area (TPSA) is 34.1 Å². The van der Waals surface area contributed by atoms with Crippen LogP contribution >= 0.6 is 11.3 Å². The standard InChI is InChI=1S/C13H15F3N2OS/c1-8(7-19-2)6-17-12-18-10-5-9(13(14,15)16)3-4-11(10)20-12/h3-5,8H,6-7H2,1-2H3,(H,17,18). The zero-order valence-corrected chi connectivity index (χ0v) is 11.9. The van der Waals surface area contributed by atoms with E-state index in [0.717, 1.165) is 16.8 Å². The number of methoxy groups -OCH3 is 1. The highest BCUT2D eigenvalue weighted by Crippen LogP contribution is 2.33. The molecule has 1 aromatic heterocycles. The van der Waals surface area contributed by atoms with E-state index in [1.54, 1.807) is 7.11 Å². The Morgan fingerprint density at radius 1 is 1.40 bits per heavy atom. The van der Waals surface area contributed by atoms with Crippen molar-refractivity contribution in [1.82, 2.24) is 4.98 Å². The second kappa shape index (κ2) is 5.97. The minimum Gasteiger partial charge on any atom is -0.384 e. The first kappa shape index (κ1) is 15.1. The minimum atomic E-state index is -4.33. The van der Waals surface area contributed by atoms with Gasteiger partial charge >= 0.3 is 6.18 Å². The molecule has 0 aliphatic heterocycles. The van der Waals surface area contributed by atoms with Crippen molar-refractivity contribution >= 4 is 26.7 Å². The molecule has 7 heteroatoms. The van der Waals surface area contributed by atoms with E-state index in [0.29, 0.717) is 29.7 Å². The molecule has 0 bridgehead atoms. The van der Waals surface area contributed by atoms with Crippen LogP contribution in [-0.2, 0) is 10.9 Å². The van der Waals surface area contributed by atoms with Crippen LogP contribution in [0.3, 0.4) is 0 Å². The average Bonchev–Trinajstić information content (AvgIpc) is 2.77. The summed E-state index contributed by atoms with van der Waals surface area (Å²) in [5.41, 5.74) is -0.304. The summed E-state index contributed by atoms with van der Waals surface area (Å²) < 4.78 is 43.6. The molecule has 0 aliphatic carbocycles. The first-order valence-corrected chi connectivity index (χ1v) is 6.92. The molecule has 20 heavy (non-hydrogen) atoms. The van der Waals surface area contributed by atoms with Gasteiger partial charge in [-0.1, -0.05) is 18.3 Å². The smallest absolute Gasteiger partial charge is 0.384 e. The Kier molecular flexibility index (Phi) is 4.49. The lowest BCUT2D eigenvalue weighted by molar-refractivity contribution is -0.137. The highest BCUT2D eigenvalue weighted by Gasteiger charge is 2.30. The Bertz CT molecular complexity index is 582. The summed E-state index contributed by atoms with van der Waals surface area (Å²) in [4.78, 5) is 4.19. The monoisotopic (exact) mass is 304 g/mol. The summed E-state index contributed by atoms with van der Waals surface area (Å²) in [7, 11) is 1.63. The molecule has 0 radical (unpaired) electrons. The summed E-state index contributed by atoms with van der Waals surface area (Å²) in [6.07, 6.45) is -4.33. The molecule has 1 unspecified atom stereocenters. The fourth-order valence-corrected chi connectivity index (χ4v) is 2.64. The molecule has 0 saturated carbocycles. The lowest BCUT2D eigenvalue weighted by Crippen LogP contribution is -2.15. The number of alkyl halides is 3. The maximum absolute atomic E-state index is 12.6. The van der Waals surface area contributed by atoms with Gasteiger partial charge in [-0.05, 0) is 24.1 Å². The molecular formula is C13H15F3N2OS. The molecule has 0 spiro atoms. The summed E-state index contributed by atoms with van der Waals surface area (Å²) in [5.74, 6) is 0.303. The van der Waals surface area contributed by atoms with Crippen LogP contribution in [0.1, 0.15) is 12.5 Å². The molecular weight excluding hydrogens is 289 g/mol. The van der Waals surface area contributed by atoms with E-state index in [-0.39, 0.29) is 0 Å². The molecule has 3 nitrogen and oxygen atoms in total. The van der Waals surface area contributed by atoms with Crippen LogP contribution in [0.4, 0.5) is 18.3 Å². The molecule has 0 saturated heterocycles. The van der Waals surface area contributed by atoms with Crippen molar-refractivity contribution in [1.29, 1.82) is 0 Å². The number of ether oxygens (including phenoxy) is 1. The van der Waals surface area contributed by atoms with Crippen LogP contribution in [0, 0.1) is 5.92 Å². The Labute approximate surface area is 118 Å². The number of hydrogen-bond acceptors (Lipinski definition) is 4. The second-order valence-corrected chi connectivity index (χ2v) is 5.67. The summed E-state index contributed by atoms with van der Waals surface area (Å²) in [6.45, 7) is 3.31. The number of halogens is 3. The van der Waals surface area contributed by atoms with Gasteiger partial charge in [0, 0.05) is 13.7 Å². The molecule has 110 valence electrons. The third kappa shape index (κ3) is 3.61. The van der Waals surface area contributed by atoms with Crippen molar-refractivity contribution in [3.8, 4) is 0 Å². The van der Waals surface area contributed by atoms with E-state index in [1.807, 2.05) is 6.92 Å². The lowest BCUT2D eigenvalue weighted by Gasteiger charge is -2.09. The Morgan fingerprint density at radius 2 is 2.15 bits per heavy atom. The van der Waals surface area contributed by atoms with Crippen molar-refractivity contribution in [3.05, 3.63) is 23.8 Å². The van der Waals surface area contributed by atoms with Gasteiger partial charge in [0.2, 0.25) is 0 Å². The fraction of sp³-hybridized carbons (Fsp3) is 0.462. The Hall–Kier alpha value is -1.34. The molecule has 1 heterocycles. The van der Waals surface area contributed by atoms with Crippen LogP contribution in [0.2, 0.25) is 0 Å². The molecule has 1 N–H and O–H groups in total. The van der Waals surface area contributed by atoms with E-state index in [1.165, 1.54) is 17.4 Å². The van der Waals surface area contributed by atoms with E-state index in [9.17, 15) is 13.2 Å². The van der Waals surface area contributed by atoms with Crippen LogP contribution < -0.4 is 5.32 Å². The molecule has 2 rings (SSSR count). The first-order valence-electron chi connectivity index (χ1n) is 6.10. The van der Waals surface area contributed by atoms with E-state index in [4.69, 9.17) is 4.74 Å². The molecule has 1 aromatic carbocycles. The van der Waals surface area contributed by atoms with Crippen LogP contribution in [-0.4, -0.2) is 25.2 Å². The normalized spacial score (nSPS) is 13.7. The summed E-state index contributed by atoms with van der Waals surface area (Å²) >= 11 is 1.35. The third-order valence-corrected chi connectivity index (χ3v) is 3.76. The number of benzene rings is 1.